The van der Waals surface area contributed by atoms with Crippen molar-refractivity contribution >= 4 is 12.1 Å². The summed E-state index contributed by atoms with van der Waals surface area (Å²) >= 11 is 0. The number of amides is 1. The van der Waals surface area contributed by atoms with E-state index in [2.05, 4.69) is 4.84 Å². The molecule has 0 aromatic heterocycles. The molecule has 58 valence electrons. The molecule has 10 heavy (non-hydrogen) atoms. The maximum atomic E-state index is 10.6. The molecule has 0 radical (unpaired) electrons. The summed E-state index contributed by atoms with van der Waals surface area (Å²) in [6, 6.07) is 0. The Morgan fingerprint density at radius 3 is 2.50 bits per heavy atom. The first-order valence-electron chi connectivity index (χ1n) is 2.69. The predicted octanol–water partition coefficient (Wildman–Crippen LogP) is -0.636. The van der Waals surface area contributed by atoms with Gasteiger partial charge in [-0.2, -0.15) is 5.06 Å². The molecule has 1 atom stereocenters. The molecule has 2 N–H and O–H groups in total. The minimum absolute atomic E-state index is 0.566. The molecule has 5 heteroatoms. The van der Waals surface area contributed by atoms with Gasteiger partial charge < -0.3 is 10.5 Å². The highest BCUT2D eigenvalue weighted by molar-refractivity contribution is 6.24. The first-order chi connectivity index (χ1) is 4.63. The van der Waals surface area contributed by atoms with Crippen molar-refractivity contribution in [2.45, 2.75) is 13.2 Å². The summed E-state index contributed by atoms with van der Waals surface area (Å²) in [5.41, 5.74) is 0. The number of carbonyl (C=O) groups excluding carboxylic acids is 1. The standard InChI is InChI=1S/C5H10N2O3/c1-4(8)7(10-2)5(9)3-6/h3-4,6,8H,1-2H3. The lowest BCUT2D eigenvalue weighted by Gasteiger charge is -2.19. The third kappa shape index (κ3) is 2.12. The molecular weight excluding hydrogens is 136 g/mol. The monoisotopic (exact) mass is 146 g/mol. The highest BCUT2D eigenvalue weighted by Gasteiger charge is 2.14. The molecule has 0 fully saturated rings. The van der Waals surface area contributed by atoms with Gasteiger partial charge in [-0.05, 0) is 6.92 Å². The minimum Gasteiger partial charge on any atom is -0.372 e. The number of rotatable bonds is 3. The Morgan fingerprint density at radius 1 is 1.90 bits per heavy atom. The van der Waals surface area contributed by atoms with Crippen molar-refractivity contribution in [2.24, 2.45) is 0 Å². The van der Waals surface area contributed by atoms with Crippen molar-refractivity contribution < 1.29 is 14.7 Å². The van der Waals surface area contributed by atoms with Gasteiger partial charge in [-0.25, -0.2) is 0 Å². The van der Waals surface area contributed by atoms with Crippen molar-refractivity contribution in [2.75, 3.05) is 7.11 Å². The fraction of sp³-hybridized carbons (Fsp3) is 0.600. The average Bonchev–Trinajstić information content (AvgIpc) is 1.88. The lowest BCUT2D eigenvalue weighted by atomic mass is 10.5. The topological polar surface area (TPSA) is 73.6 Å². The highest BCUT2D eigenvalue weighted by atomic mass is 16.7. The molecule has 5 nitrogen and oxygen atoms in total. The van der Waals surface area contributed by atoms with E-state index in [0.29, 0.717) is 11.3 Å². The number of hydrogen-bond donors (Lipinski definition) is 2. The summed E-state index contributed by atoms with van der Waals surface area (Å²) in [4.78, 5) is 15.0. The van der Waals surface area contributed by atoms with E-state index in [-0.39, 0.29) is 0 Å². The van der Waals surface area contributed by atoms with Crippen molar-refractivity contribution in [3.8, 4) is 0 Å². The van der Waals surface area contributed by atoms with E-state index in [9.17, 15) is 4.79 Å². The first kappa shape index (κ1) is 9.06. The van der Waals surface area contributed by atoms with Crippen LogP contribution in [0.5, 0.6) is 0 Å². The second kappa shape index (κ2) is 3.97. The lowest BCUT2D eigenvalue weighted by Crippen LogP contribution is -2.37. The van der Waals surface area contributed by atoms with Crippen molar-refractivity contribution in [3.05, 3.63) is 0 Å². The molecule has 0 heterocycles. The van der Waals surface area contributed by atoms with Gasteiger partial charge in [0.2, 0.25) is 0 Å². The number of aliphatic hydroxyl groups is 1. The van der Waals surface area contributed by atoms with Crippen LogP contribution in [0.1, 0.15) is 6.92 Å². The highest BCUT2D eigenvalue weighted by Crippen LogP contribution is 1.93. The smallest absolute Gasteiger partial charge is 0.290 e. The molecule has 0 saturated carbocycles. The van der Waals surface area contributed by atoms with Gasteiger partial charge in [-0.3, -0.25) is 9.63 Å². The number of nitrogens with zero attached hydrogens (tertiary/aromatic N) is 1. The van der Waals surface area contributed by atoms with Crippen molar-refractivity contribution in [1.29, 1.82) is 5.41 Å². The summed E-state index contributed by atoms with van der Waals surface area (Å²) < 4.78 is 0. The molecule has 0 bridgehead atoms. The summed E-state index contributed by atoms with van der Waals surface area (Å²) in [7, 11) is 1.24. The fourth-order valence-electron chi connectivity index (χ4n) is 0.490. The molecule has 0 aliphatic rings. The molecule has 0 rings (SSSR count). The molecule has 1 amide bonds. The Bertz CT molecular complexity index is 135. The number of aliphatic hydroxyl groups excluding tert-OH is 1. The van der Waals surface area contributed by atoms with E-state index >= 15 is 0 Å². The fourth-order valence-corrected chi connectivity index (χ4v) is 0.490. The number of hydrogen-bond acceptors (Lipinski definition) is 4. The van der Waals surface area contributed by atoms with Crippen LogP contribution in [-0.2, 0) is 9.63 Å². The van der Waals surface area contributed by atoms with E-state index in [1.54, 1.807) is 0 Å². The van der Waals surface area contributed by atoms with Gasteiger partial charge in [0, 0.05) is 0 Å². The van der Waals surface area contributed by atoms with Crippen LogP contribution >= 0.6 is 0 Å². The van der Waals surface area contributed by atoms with Crippen LogP contribution in [0, 0.1) is 5.41 Å². The Labute approximate surface area is 58.7 Å². The van der Waals surface area contributed by atoms with Gasteiger partial charge in [-0.15, -0.1) is 0 Å². The molecule has 0 aromatic carbocycles. The molecule has 1 unspecified atom stereocenters. The van der Waals surface area contributed by atoms with Crippen LogP contribution in [0.15, 0.2) is 0 Å². The molecule has 0 spiro atoms. The molecule has 0 saturated heterocycles. The van der Waals surface area contributed by atoms with E-state index in [0.717, 1.165) is 0 Å². The molecule has 0 aliphatic carbocycles. The summed E-state index contributed by atoms with van der Waals surface area (Å²) in [5.74, 6) is -0.683. The number of carbonyl (C=O) groups is 1. The van der Waals surface area contributed by atoms with Crippen LogP contribution < -0.4 is 0 Å². The van der Waals surface area contributed by atoms with Crippen molar-refractivity contribution in [3.63, 3.8) is 0 Å². The number of nitrogens with one attached hydrogen (secondary N) is 1. The third-order valence-electron chi connectivity index (χ3n) is 0.877. The SMILES string of the molecule is CON(C(=O)C=N)C(C)O. The zero-order valence-corrected chi connectivity index (χ0v) is 5.87. The first-order valence-corrected chi connectivity index (χ1v) is 2.69. The zero-order valence-electron chi connectivity index (χ0n) is 5.87. The molecule has 0 aliphatic heterocycles. The largest absolute Gasteiger partial charge is 0.372 e. The summed E-state index contributed by atoms with van der Waals surface area (Å²) in [6.45, 7) is 1.37. The summed E-state index contributed by atoms with van der Waals surface area (Å²) in [5, 5.41) is 16.0. The van der Waals surface area contributed by atoms with E-state index < -0.39 is 12.1 Å². The van der Waals surface area contributed by atoms with Crippen LogP contribution in [-0.4, -0.2) is 35.6 Å². The van der Waals surface area contributed by atoms with Gasteiger partial charge in [0.1, 0.15) is 0 Å². The van der Waals surface area contributed by atoms with Gasteiger partial charge in [0.15, 0.2) is 6.23 Å². The van der Waals surface area contributed by atoms with Gasteiger partial charge in [0.05, 0.1) is 13.3 Å². The minimum atomic E-state index is -1.03. The third-order valence-corrected chi connectivity index (χ3v) is 0.877. The molecule has 0 aromatic rings. The average molecular weight is 146 g/mol. The van der Waals surface area contributed by atoms with E-state index in [1.165, 1.54) is 14.0 Å². The second-order valence-corrected chi connectivity index (χ2v) is 1.62. The van der Waals surface area contributed by atoms with Gasteiger partial charge in [-0.1, -0.05) is 0 Å². The van der Waals surface area contributed by atoms with Crippen molar-refractivity contribution in [1.82, 2.24) is 5.06 Å². The van der Waals surface area contributed by atoms with Gasteiger partial charge >= 0.3 is 0 Å². The van der Waals surface area contributed by atoms with Crippen LogP contribution in [0.25, 0.3) is 0 Å². The normalized spacial score (nSPS) is 12.3. The predicted molar refractivity (Wildman–Crippen MR) is 34.3 cm³/mol. The zero-order chi connectivity index (χ0) is 8.15. The van der Waals surface area contributed by atoms with Gasteiger partial charge in [0.25, 0.3) is 5.91 Å². The van der Waals surface area contributed by atoms with Crippen LogP contribution in [0.2, 0.25) is 0 Å². The van der Waals surface area contributed by atoms with Crippen LogP contribution in [0.3, 0.4) is 0 Å². The number of hydroxylamine groups is 2. The maximum Gasteiger partial charge on any atom is 0.290 e. The maximum absolute atomic E-state index is 10.6. The summed E-state index contributed by atoms with van der Waals surface area (Å²) in [6.07, 6.45) is -0.463. The Morgan fingerprint density at radius 2 is 2.40 bits per heavy atom. The quantitative estimate of drug-likeness (QED) is 0.316. The van der Waals surface area contributed by atoms with Crippen LogP contribution in [0.4, 0.5) is 0 Å². The Hall–Kier alpha value is -0.940. The molecular formula is C5H10N2O3. The Balaban J connectivity index is 4.06. The Kier molecular flexibility index (Phi) is 3.60. The second-order valence-electron chi connectivity index (χ2n) is 1.62. The lowest BCUT2D eigenvalue weighted by molar-refractivity contribution is -0.209. The van der Waals surface area contributed by atoms with E-state index in [1.807, 2.05) is 0 Å². The van der Waals surface area contributed by atoms with E-state index in [4.69, 9.17) is 10.5 Å².